The maximum atomic E-state index is 13.3. The molecule has 92 valence electrons. The fraction of sp³-hybridized carbons (Fsp3) is 0.400. The molecule has 0 atom stereocenters. The molecule has 2 rings (SSSR count). The molecule has 1 aliphatic carbocycles. The maximum Gasteiger partial charge on any atom is 0.312 e. The minimum Gasteiger partial charge on any atom is -0.483 e. The number of hydrogen-bond acceptors (Lipinski definition) is 4. The van der Waals surface area contributed by atoms with E-state index in [2.05, 4.69) is 15.9 Å². The number of ether oxygens (including phenoxy) is 1. The molecule has 0 amide bonds. The Kier molecular flexibility index (Phi) is 3.30. The van der Waals surface area contributed by atoms with Crippen LogP contribution < -0.4 is 10.5 Å². The summed E-state index contributed by atoms with van der Waals surface area (Å²) in [6.45, 7) is 0. The minimum absolute atomic E-state index is 0.0434. The fourth-order valence-electron chi connectivity index (χ4n) is 1.64. The van der Waals surface area contributed by atoms with E-state index in [1.54, 1.807) is 0 Å². The topological polar surface area (TPSA) is 78.4 Å². The highest BCUT2D eigenvalue weighted by molar-refractivity contribution is 9.10. The van der Waals surface area contributed by atoms with Gasteiger partial charge in [-0.1, -0.05) is 0 Å². The van der Waals surface area contributed by atoms with Crippen LogP contribution in [0.3, 0.4) is 0 Å². The van der Waals surface area contributed by atoms with Crippen LogP contribution in [0.4, 0.5) is 10.1 Å². The van der Waals surface area contributed by atoms with Crippen molar-refractivity contribution in [1.29, 1.82) is 0 Å². The summed E-state index contributed by atoms with van der Waals surface area (Å²) in [5, 5.41) is 10.8. The third-order valence-corrected chi connectivity index (χ3v) is 3.23. The van der Waals surface area contributed by atoms with Gasteiger partial charge in [0.05, 0.1) is 9.40 Å². The van der Waals surface area contributed by atoms with Gasteiger partial charge in [0.1, 0.15) is 11.9 Å². The van der Waals surface area contributed by atoms with Gasteiger partial charge in [0.2, 0.25) is 0 Å². The van der Waals surface area contributed by atoms with E-state index in [-0.39, 0.29) is 28.1 Å². The molecule has 0 heterocycles. The monoisotopic (exact) mass is 304 g/mol. The summed E-state index contributed by atoms with van der Waals surface area (Å²) in [5.41, 5.74) is 5.33. The van der Waals surface area contributed by atoms with Crippen LogP contribution >= 0.6 is 15.9 Å². The average molecular weight is 305 g/mol. The van der Waals surface area contributed by atoms with Crippen molar-refractivity contribution >= 4 is 21.6 Å². The first-order valence-electron chi connectivity index (χ1n) is 5.03. The van der Waals surface area contributed by atoms with Crippen molar-refractivity contribution in [2.24, 2.45) is 5.73 Å². The van der Waals surface area contributed by atoms with Gasteiger partial charge in [-0.25, -0.2) is 4.39 Å². The largest absolute Gasteiger partial charge is 0.483 e. The normalized spacial score (nSPS) is 23.0. The molecule has 0 unspecified atom stereocenters. The molecule has 0 aromatic heterocycles. The molecule has 1 aromatic rings. The summed E-state index contributed by atoms with van der Waals surface area (Å²) in [7, 11) is 0. The van der Waals surface area contributed by atoms with Gasteiger partial charge in [-0.3, -0.25) is 10.1 Å². The first kappa shape index (κ1) is 12.3. The fourth-order valence-corrected chi connectivity index (χ4v) is 1.97. The van der Waals surface area contributed by atoms with Crippen molar-refractivity contribution in [3.63, 3.8) is 0 Å². The van der Waals surface area contributed by atoms with Crippen molar-refractivity contribution in [1.82, 2.24) is 0 Å². The van der Waals surface area contributed by atoms with Gasteiger partial charge >= 0.3 is 5.69 Å². The van der Waals surface area contributed by atoms with Gasteiger partial charge in [0, 0.05) is 18.2 Å². The molecule has 17 heavy (non-hydrogen) atoms. The van der Waals surface area contributed by atoms with E-state index in [4.69, 9.17) is 10.5 Å². The highest BCUT2D eigenvalue weighted by Gasteiger charge is 2.30. The second-order valence-electron chi connectivity index (χ2n) is 3.96. The lowest BCUT2D eigenvalue weighted by molar-refractivity contribution is -0.386. The van der Waals surface area contributed by atoms with Crippen molar-refractivity contribution in [2.75, 3.05) is 0 Å². The zero-order chi connectivity index (χ0) is 12.6. The summed E-state index contributed by atoms with van der Waals surface area (Å²) >= 11 is 2.90. The van der Waals surface area contributed by atoms with E-state index in [1.807, 2.05) is 0 Å². The molecule has 0 bridgehead atoms. The zero-order valence-electron chi connectivity index (χ0n) is 8.73. The molecular formula is C10H10BrFN2O3. The number of nitro groups is 1. The molecule has 5 nitrogen and oxygen atoms in total. The van der Waals surface area contributed by atoms with Crippen LogP contribution in [0.1, 0.15) is 12.8 Å². The Hall–Kier alpha value is -1.21. The van der Waals surface area contributed by atoms with Crippen molar-refractivity contribution < 1.29 is 14.1 Å². The molecule has 0 saturated heterocycles. The summed E-state index contributed by atoms with van der Waals surface area (Å²) in [6, 6.07) is 2.19. The Labute approximate surface area is 105 Å². The number of hydrogen-bond donors (Lipinski definition) is 1. The van der Waals surface area contributed by atoms with E-state index in [0.29, 0.717) is 12.8 Å². The Morgan fingerprint density at radius 3 is 2.71 bits per heavy atom. The van der Waals surface area contributed by atoms with Crippen LogP contribution in [0.5, 0.6) is 5.75 Å². The predicted molar refractivity (Wildman–Crippen MR) is 62.4 cm³/mol. The molecule has 0 radical (unpaired) electrons. The quantitative estimate of drug-likeness (QED) is 0.687. The van der Waals surface area contributed by atoms with E-state index >= 15 is 0 Å². The first-order valence-corrected chi connectivity index (χ1v) is 5.82. The van der Waals surface area contributed by atoms with Crippen LogP contribution in [-0.2, 0) is 0 Å². The number of halogens is 2. The third-order valence-electron chi connectivity index (χ3n) is 2.62. The smallest absolute Gasteiger partial charge is 0.312 e. The van der Waals surface area contributed by atoms with E-state index < -0.39 is 10.7 Å². The summed E-state index contributed by atoms with van der Waals surface area (Å²) in [4.78, 5) is 10.2. The number of nitro benzene ring substituents is 1. The average Bonchev–Trinajstić information content (AvgIpc) is 2.20. The van der Waals surface area contributed by atoms with E-state index in [9.17, 15) is 14.5 Å². The van der Waals surface area contributed by atoms with Gasteiger partial charge in [-0.15, -0.1) is 0 Å². The van der Waals surface area contributed by atoms with Crippen LogP contribution in [0.2, 0.25) is 0 Å². The van der Waals surface area contributed by atoms with E-state index in [0.717, 1.165) is 12.1 Å². The Morgan fingerprint density at radius 2 is 2.18 bits per heavy atom. The van der Waals surface area contributed by atoms with Crippen molar-refractivity contribution in [2.45, 2.75) is 25.0 Å². The Bertz CT molecular complexity index is 463. The number of nitrogens with zero attached hydrogens (tertiary/aromatic N) is 1. The second kappa shape index (κ2) is 4.58. The lowest BCUT2D eigenvalue weighted by Gasteiger charge is -2.32. The number of benzene rings is 1. The molecule has 7 heteroatoms. The highest BCUT2D eigenvalue weighted by atomic mass is 79.9. The molecule has 1 fully saturated rings. The molecule has 0 spiro atoms. The van der Waals surface area contributed by atoms with Gasteiger partial charge in [0.15, 0.2) is 5.75 Å². The minimum atomic E-state index is -0.599. The third kappa shape index (κ3) is 2.55. The number of nitrogens with two attached hydrogens (primary N) is 1. The maximum absolute atomic E-state index is 13.3. The van der Waals surface area contributed by atoms with Crippen LogP contribution in [0.25, 0.3) is 0 Å². The summed E-state index contributed by atoms with van der Waals surface area (Å²) in [5.74, 6) is -0.637. The number of rotatable bonds is 3. The molecule has 1 aliphatic rings. The van der Waals surface area contributed by atoms with Crippen molar-refractivity contribution in [3.8, 4) is 5.75 Å². The first-order chi connectivity index (χ1) is 7.97. The summed E-state index contributed by atoms with van der Waals surface area (Å²) in [6.07, 6.45) is 1.10. The zero-order valence-corrected chi connectivity index (χ0v) is 10.3. The molecule has 1 aromatic carbocycles. The van der Waals surface area contributed by atoms with Gasteiger partial charge in [-0.05, 0) is 28.8 Å². The van der Waals surface area contributed by atoms with Crippen LogP contribution in [0, 0.1) is 15.9 Å². The second-order valence-corrected chi connectivity index (χ2v) is 4.82. The van der Waals surface area contributed by atoms with Crippen molar-refractivity contribution in [3.05, 3.63) is 32.5 Å². The standard InChI is InChI=1S/C10H10BrFN2O3/c11-7-3-9(14(15)16)10(4-8(7)12)17-6-1-5(13)2-6/h3-6H,1-2,13H2. The Balaban J connectivity index is 2.25. The van der Waals surface area contributed by atoms with Crippen LogP contribution in [-0.4, -0.2) is 17.1 Å². The lowest BCUT2D eigenvalue weighted by atomic mass is 9.90. The lowest BCUT2D eigenvalue weighted by Crippen LogP contribution is -2.43. The predicted octanol–water partition coefficient (Wildman–Crippen LogP) is 2.36. The van der Waals surface area contributed by atoms with Crippen LogP contribution in [0.15, 0.2) is 16.6 Å². The van der Waals surface area contributed by atoms with E-state index in [1.165, 1.54) is 0 Å². The molecular weight excluding hydrogens is 295 g/mol. The Morgan fingerprint density at radius 1 is 1.53 bits per heavy atom. The van der Waals surface area contributed by atoms with Gasteiger partial charge in [0.25, 0.3) is 0 Å². The molecule has 0 aliphatic heterocycles. The van der Waals surface area contributed by atoms with Gasteiger partial charge in [-0.2, -0.15) is 0 Å². The summed E-state index contributed by atoms with van der Waals surface area (Å²) < 4.78 is 18.7. The SMILES string of the molecule is NC1CC(Oc2cc(F)c(Br)cc2[N+](=O)[O-])C1. The molecule has 1 saturated carbocycles. The highest BCUT2D eigenvalue weighted by Crippen LogP contribution is 2.35. The van der Waals surface area contributed by atoms with Gasteiger partial charge < -0.3 is 10.5 Å². The molecule has 2 N–H and O–H groups in total.